The molecule has 0 bridgehead atoms. The Bertz CT molecular complexity index is 240. The number of rotatable bonds is 2. The maximum Gasteiger partial charge on any atom is 0.0466 e. The van der Waals surface area contributed by atoms with E-state index in [4.69, 9.17) is 22.5 Å². The van der Waals surface area contributed by atoms with Gasteiger partial charge in [-0.05, 0) is 12.0 Å². The molecule has 0 N–H and O–H groups in total. The van der Waals surface area contributed by atoms with Crippen molar-refractivity contribution in [2.45, 2.75) is 6.42 Å². The predicted octanol–water partition coefficient (Wildman–Crippen LogP) is 3.55. The predicted molar refractivity (Wildman–Crippen MR) is 56.2 cm³/mol. The largest absolute Gasteiger partial charge is 0.0843 e. The molecule has 1 aromatic rings. The zero-order chi connectivity index (χ0) is 8.10. The SMILES string of the molecule is Cl[PH](Cl)=CCc1ccccc1. The Kier molecular flexibility index (Phi) is 4.07. The van der Waals surface area contributed by atoms with Gasteiger partial charge in [-0.2, -0.15) is 0 Å². The van der Waals surface area contributed by atoms with Crippen molar-refractivity contribution in [1.82, 2.24) is 0 Å². The smallest absolute Gasteiger partial charge is 0.0466 e. The van der Waals surface area contributed by atoms with Gasteiger partial charge in [0.05, 0.1) is 0 Å². The van der Waals surface area contributed by atoms with E-state index in [1.165, 1.54) is 5.56 Å². The fourth-order valence-electron chi connectivity index (χ4n) is 0.809. The van der Waals surface area contributed by atoms with Crippen LogP contribution in [0.15, 0.2) is 30.3 Å². The van der Waals surface area contributed by atoms with E-state index in [0.717, 1.165) is 6.42 Å². The van der Waals surface area contributed by atoms with Crippen LogP contribution in [0.4, 0.5) is 0 Å². The second-order valence-electron chi connectivity index (χ2n) is 2.18. The zero-order valence-corrected chi connectivity index (χ0v) is 8.44. The summed E-state index contributed by atoms with van der Waals surface area (Å²) >= 11 is 11.3. The standard InChI is InChI=1S/C8H9Cl2P/c9-11(10)7-6-8-4-2-1-3-5-8/h1-5,7,11H,6H2. The van der Waals surface area contributed by atoms with Crippen LogP contribution in [-0.4, -0.2) is 5.80 Å². The lowest BCUT2D eigenvalue weighted by Gasteiger charge is -1.93. The van der Waals surface area contributed by atoms with Crippen molar-refractivity contribution in [3.63, 3.8) is 0 Å². The Morgan fingerprint density at radius 3 is 2.36 bits per heavy atom. The summed E-state index contributed by atoms with van der Waals surface area (Å²) in [4.78, 5) is 0. The van der Waals surface area contributed by atoms with Gasteiger partial charge in [0.2, 0.25) is 0 Å². The molecule has 0 unspecified atom stereocenters. The van der Waals surface area contributed by atoms with Gasteiger partial charge in [-0.15, -0.1) is 0 Å². The molecule has 0 heterocycles. The highest BCUT2D eigenvalue weighted by atomic mass is 35.9. The Morgan fingerprint density at radius 1 is 1.18 bits per heavy atom. The van der Waals surface area contributed by atoms with Crippen LogP contribution in [0, 0.1) is 0 Å². The molecule has 0 aliphatic heterocycles. The molecule has 3 heteroatoms. The quantitative estimate of drug-likeness (QED) is 0.650. The maximum atomic E-state index is 5.64. The molecule has 0 amide bonds. The Morgan fingerprint density at radius 2 is 1.82 bits per heavy atom. The molecule has 1 aromatic carbocycles. The molecule has 0 saturated carbocycles. The summed E-state index contributed by atoms with van der Waals surface area (Å²) in [7, 11) is 0. The molecule has 0 fully saturated rings. The third kappa shape index (κ3) is 3.86. The first-order valence-corrected chi connectivity index (χ1v) is 6.94. The molecular formula is C8H9Cl2P. The number of hydrogen-bond donors (Lipinski definition) is 0. The lowest BCUT2D eigenvalue weighted by Crippen LogP contribution is -1.81. The van der Waals surface area contributed by atoms with E-state index in [1.54, 1.807) is 0 Å². The third-order valence-electron chi connectivity index (χ3n) is 1.33. The minimum atomic E-state index is -1.21. The fourth-order valence-corrected chi connectivity index (χ4v) is 1.66. The van der Waals surface area contributed by atoms with Crippen molar-refractivity contribution in [2.24, 2.45) is 0 Å². The van der Waals surface area contributed by atoms with Gasteiger partial charge in [0.15, 0.2) is 0 Å². The van der Waals surface area contributed by atoms with E-state index >= 15 is 0 Å². The summed E-state index contributed by atoms with van der Waals surface area (Å²) < 4.78 is 0. The van der Waals surface area contributed by atoms with Crippen LogP contribution in [0.3, 0.4) is 0 Å². The molecule has 0 saturated heterocycles. The molecule has 0 nitrogen and oxygen atoms in total. The molecule has 0 aliphatic rings. The van der Waals surface area contributed by atoms with Crippen molar-refractivity contribution in [3.05, 3.63) is 35.9 Å². The molecule has 0 spiro atoms. The first-order chi connectivity index (χ1) is 5.29. The van der Waals surface area contributed by atoms with E-state index in [2.05, 4.69) is 12.1 Å². The van der Waals surface area contributed by atoms with Gasteiger partial charge >= 0.3 is 0 Å². The first kappa shape index (κ1) is 9.19. The van der Waals surface area contributed by atoms with Gasteiger partial charge in [0, 0.05) is 6.25 Å². The molecule has 0 aromatic heterocycles. The summed E-state index contributed by atoms with van der Waals surface area (Å²) in [6.07, 6.45) is -0.336. The minimum absolute atomic E-state index is 0.877. The molecule has 0 radical (unpaired) electrons. The average Bonchev–Trinajstić information content (AvgIpc) is 2.03. The second-order valence-corrected chi connectivity index (χ2v) is 6.19. The average molecular weight is 207 g/mol. The van der Waals surface area contributed by atoms with Crippen molar-refractivity contribution >= 4 is 34.5 Å². The van der Waals surface area contributed by atoms with Crippen molar-refractivity contribution in [2.75, 3.05) is 0 Å². The van der Waals surface area contributed by atoms with Crippen molar-refractivity contribution < 1.29 is 0 Å². The highest BCUT2D eigenvalue weighted by molar-refractivity contribution is 8.02. The summed E-state index contributed by atoms with van der Waals surface area (Å²) in [5, 5.41) is 0. The van der Waals surface area contributed by atoms with Crippen molar-refractivity contribution in [1.29, 1.82) is 0 Å². The monoisotopic (exact) mass is 206 g/mol. The topological polar surface area (TPSA) is 0 Å². The van der Waals surface area contributed by atoms with Gasteiger partial charge < -0.3 is 0 Å². The van der Waals surface area contributed by atoms with Crippen LogP contribution >= 0.6 is 28.7 Å². The van der Waals surface area contributed by atoms with Gasteiger partial charge in [0.25, 0.3) is 0 Å². The third-order valence-corrected chi connectivity index (χ3v) is 2.77. The van der Waals surface area contributed by atoms with Crippen LogP contribution in [-0.2, 0) is 6.42 Å². The fraction of sp³-hybridized carbons (Fsp3) is 0.125. The number of halogens is 2. The van der Waals surface area contributed by atoms with E-state index in [0.29, 0.717) is 0 Å². The van der Waals surface area contributed by atoms with E-state index in [1.807, 2.05) is 24.0 Å². The number of benzene rings is 1. The van der Waals surface area contributed by atoms with Crippen LogP contribution in [0.5, 0.6) is 0 Å². The maximum absolute atomic E-state index is 5.64. The van der Waals surface area contributed by atoms with E-state index in [-0.39, 0.29) is 0 Å². The highest BCUT2D eigenvalue weighted by Gasteiger charge is 1.86. The summed E-state index contributed by atoms with van der Waals surface area (Å²) in [5.41, 5.74) is 1.26. The Hall–Kier alpha value is 0.100. The Balaban J connectivity index is 2.59. The van der Waals surface area contributed by atoms with Gasteiger partial charge in [-0.3, -0.25) is 0 Å². The van der Waals surface area contributed by atoms with Gasteiger partial charge in [0.1, 0.15) is 0 Å². The normalized spacial score (nSPS) is 10.1. The van der Waals surface area contributed by atoms with Crippen LogP contribution in [0.25, 0.3) is 0 Å². The van der Waals surface area contributed by atoms with Gasteiger partial charge in [-0.25, -0.2) is 0 Å². The van der Waals surface area contributed by atoms with Gasteiger partial charge in [-0.1, -0.05) is 58.6 Å². The minimum Gasteiger partial charge on any atom is -0.0843 e. The summed E-state index contributed by atoms with van der Waals surface area (Å²) in [6, 6.07) is 10.1. The molecule has 60 valence electrons. The lowest BCUT2D eigenvalue weighted by atomic mass is 10.2. The van der Waals surface area contributed by atoms with Crippen molar-refractivity contribution in [3.8, 4) is 0 Å². The molecular weight excluding hydrogens is 198 g/mol. The summed E-state index contributed by atoms with van der Waals surface area (Å²) in [6.45, 7) is 0. The van der Waals surface area contributed by atoms with E-state index < -0.39 is 6.25 Å². The molecule has 0 atom stereocenters. The molecule has 1 rings (SSSR count). The van der Waals surface area contributed by atoms with Crippen LogP contribution in [0.1, 0.15) is 5.56 Å². The summed E-state index contributed by atoms with van der Waals surface area (Å²) in [5.74, 6) is 1.96. The highest BCUT2D eigenvalue weighted by Crippen LogP contribution is 2.33. The second kappa shape index (κ2) is 4.87. The van der Waals surface area contributed by atoms with E-state index in [9.17, 15) is 0 Å². The zero-order valence-electron chi connectivity index (χ0n) is 5.93. The van der Waals surface area contributed by atoms with Crippen LogP contribution in [0.2, 0.25) is 0 Å². The molecule has 0 aliphatic carbocycles. The molecule has 11 heavy (non-hydrogen) atoms. The lowest BCUT2D eigenvalue weighted by molar-refractivity contribution is 1.38. The van der Waals surface area contributed by atoms with Crippen LogP contribution < -0.4 is 0 Å². The first-order valence-electron chi connectivity index (χ1n) is 3.34. The number of hydrogen-bond acceptors (Lipinski definition) is 0. The Labute approximate surface area is 77.1 Å².